The van der Waals surface area contributed by atoms with Crippen LogP contribution in [0, 0.1) is 0 Å². The Balaban J connectivity index is 2.03. The van der Waals surface area contributed by atoms with Crippen LogP contribution in [0.3, 0.4) is 0 Å². The van der Waals surface area contributed by atoms with E-state index in [1.165, 1.54) is 4.90 Å². The molecule has 0 saturated carbocycles. The fourth-order valence-corrected chi connectivity index (χ4v) is 2.42. The highest BCUT2D eigenvalue weighted by Crippen LogP contribution is 2.27. The number of hydrogen-bond donors (Lipinski definition) is 1. The summed E-state index contributed by atoms with van der Waals surface area (Å²) in [5, 5.41) is 3.51. The summed E-state index contributed by atoms with van der Waals surface area (Å²) < 4.78 is 36.5. The molecule has 1 unspecified atom stereocenters. The third-order valence-electron chi connectivity index (χ3n) is 3.10. The molecule has 1 atom stereocenters. The lowest BCUT2D eigenvalue weighted by Gasteiger charge is -2.25. The van der Waals surface area contributed by atoms with Gasteiger partial charge >= 0.3 is 6.18 Å². The van der Waals surface area contributed by atoms with E-state index in [0.717, 1.165) is 5.56 Å². The van der Waals surface area contributed by atoms with Gasteiger partial charge in [-0.2, -0.15) is 13.2 Å². The molecule has 1 aromatic rings. The Morgan fingerprint density at radius 3 is 2.80 bits per heavy atom. The van der Waals surface area contributed by atoms with Gasteiger partial charge in [0.15, 0.2) is 0 Å². The standard InChI is InChI=1S/C13H14ClF3N2O/c14-10-4-1-3-9(7-10)12-18-8-11(20)19(12)6-2-5-13(15,16)17/h1,3-4,7,12,18H,2,5-6,8H2. The first kappa shape index (κ1) is 15.1. The van der Waals surface area contributed by atoms with Crippen LogP contribution in [0.25, 0.3) is 0 Å². The minimum Gasteiger partial charge on any atom is -0.322 e. The molecule has 1 aliphatic heterocycles. The van der Waals surface area contributed by atoms with E-state index in [1.807, 2.05) is 0 Å². The fraction of sp³-hybridized carbons (Fsp3) is 0.462. The summed E-state index contributed by atoms with van der Waals surface area (Å²) >= 11 is 5.89. The summed E-state index contributed by atoms with van der Waals surface area (Å²) in [6.45, 7) is 0.200. The Hall–Kier alpha value is -1.27. The van der Waals surface area contributed by atoms with Gasteiger partial charge in [0.2, 0.25) is 5.91 Å². The van der Waals surface area contributed by atoms with E-state index < -0.39 is 18.8 Å². The van der Waals surface area contributed by atoms with Crippen LogP contribution < -0.4 is 5.32 Å². The molecule has 1 aliphatic rings. The highest BCUT2D eigenvalue weighted by Gasteiger charge is 2.33. The number of rotatable bonds is 4. The SMILES string of the molecule is O=C1CNC(c2cccc(Cl)c2)N1CCCC(F)(F)F. The van der Waals surface area contributed by atoms with Gasteiger partial charge < -0.3 is 4.90 Å². The second kappa shape index (κ2) is 6.01. The molecule has 0 radical (unpaired) electrons. The van der Waals surface area contributed by atoms with Crippen molar-refractivity contribution < 1.29 is 18.0 Å². The molecule has 1 amide bonds. The first-order valence-electron chi connectivity index (χ1n) is 6.22. The Labute approximate surface area is 119 Å². The van der Waals surface area contributed by atoms with Gasteiger partial charge in [0.05, 0.1) is 6.54 Å². The van der Waals surface area contributed by atoms with E-state index in [1.54, 1.807) is 24.3 Å². The maximum absolute atomic E-state index is 12.2. The van der Waals surface area contributed by atoms with E-state index in [-0.39, 0.29) is 25.4 Å². The van der Waals surface area contributed by atoms with Gasteiger partial charge in [0.1, 0.15) is 6.17 Å². The lowest BCUT2D eigenvalue weighted by molar-refractivity contribution is -0.139. The van der Waals surface area contributed by atoms with Crippen molar-refractivity contribution in [1.29, 1.82) is 0 Å². The van der Waals surface area contributed by atoms with Gasteiger partial charge in [-0.25, -0.2) is 0 Å². The molecule has 3 nitrogen and oxygen atoms in total. The number of benzene rings is 1. The van der Waals surface area contributed by atoms with Gasteiger partial charge in [-0.1, -0.05) is 23.7 Å². The molecule has 1 N–H and O–H groups in total. The van der Waals surface area contributed by atoms with Crippen molar-refractivity contribution in [3.63, 3.8) is 0 Å². The van der Waals surface area contributed by atoms with Crippen LogP contribution >= 0.6 is 11.6 Å². The zero-order chi connectivity index (χ0) is 14.8. The number of hydrogen-bond acceptors (Lipinski definition) is 2. The van der Waals surface area contributed by atoms with Crippen molar-refractivity contribution in [3.8, 4) is 0 Å². The van der Waals surface area contributed by atoms with Crippen LogP contribution in [0.1, 0.15) is 24.6 Å². The Kier molecular flexibility index (Phi) is 4.55. The molecular weight excluding hydrogens is 293 g/mol. The van der Waals surface area contributed by atoms with E-state index in [4.69, 9.17) is 11.6 Å². The summed E-state index contributed by atoms with van der Waals surface area (Å²) in [7, 11) is 0. The minimum atomic E-state index is -4.19. The smallest absolute Gasteiger partial charge is 0.322 e. The number of amides is 1. The highest BCUT2D eigenvalue weighted by atomic mass is 35.5. The number of halogens is 4. The Morgan fingerprint density at radius 1 is 1.40 bits per heavy atom. The third kappa shape index (κ3) is 3.86. The molecular formula is C13H14ClF3N2O. The van der Waals surface area contributed by atoms with Gasteiger partial charge in [-0.3, -0.25) is 10.1 Å². The van der Waals surface area contributed by atoms with Gasteiger partial charge in [0, 0.05) is 18.0 Å². The number of nitrogens with one attached hydrogen (secondary N) is 1. The summed E-state index contributed by atoms with van der Waals surface area (Å²) in [6, 6.07) is 6.94. The van der Waals surface area contributed by atoms with Gasteiger partial charge in [0.25, 0.3) is 0 Å². The molecule has 1 saturated heterocycles. The summed E-state index contributed by atoms with van der Waals surface area (Å²) in [4.78, 5) is 13.2. The Morgan fingerprint density at radius 2 is 2.15 bits per heavy atom. The van der Waals surface area contributed by atoms with Crippen molar-refractivity contribution in [1.82, 2.24) is 10.2 Å². The first-order chi connectivity index (χ1) is 9.37. The summed E-state index contributed by atoms with van der Waals surface area (Å²) in [6.07, 6.45) is -5.59. The zero-order valence-electron chi connectivity index (χ0n) is 10.6. The second-order valence-corrected chi connectivity index (χ2v) is 5.08. The third-order valence-corrected chi connectivity index (χ3v) is 3.34. The predicted octanol–water partition coefficient (Wildman–Crippen LogP) is 3.11. The normalized spacial score (nSPS) is 19.7. The van der Waals surface area contributed by atoms with E-state index >= 15 is 0 Å². The maximum atomic E-state index is 12.2. The van der Waals surface area contributed by atoms with Crippen molar-refractivity contribution in [3.05, 3.63) is 34.9 Å². The first-order valence-corrected chi connectivity index (χ1v) is 6.60. The van der Waals surface area contributed by atoms with Crippen molar-refractivity contribution in [2.24, 2.45) is 0 Å². The van der Waals surface area contributed by atoms with Crippen LogP contribution in [0.4, 0.5) is 13.2 Å². The number of carbonyl (C=O) groups excluding carboxylic acids is 1. The molecule has 1 heterocycles. The van der Waals surface area contributed by atoms with Crippen LogP contribution in [-0.4, -0.2) is 30.1 Å². The summed E-state index contributed by atoms with van der Waals surface area (Å²) in [5.74, 6) is -0.197. The minimum absolute atomic E-state index is 0.0719. The van der Waals surface area contributed by atoms with Crippen LogP contribution in [0.15, 0.2) is 24.3 Å². The van der Waals surface area contributed by atoms with Gasteiger partial charge in [-0.15, -0.1) is 0 Å². The topological polar surface area (TPSA) is 32.3 Å². The Bertz CT molecular complexity index is 493. The number of carbonyl (C=O) groups is 1. The van der Waals surface area contributed by atoms with Crippen molar-refractivity contribution in [2.45, 2.75) is 25.2 Å². The molecule has 2 rings (SSSR count). The molecule has 0 aliphatic carbocycles. The molecule has 0 aromatic heterocycles. The summed E-state index contributed by atoms with van der Waals surface area (Å²) in [5.41, 5.74) is 0.773. The lowest BCUT2D eigenvalue weighted by Crippen LogP contribution is -2.31. The predicted molar refractivity (Wildman–Crippen MR) is 69.2 cm³/mol. The maximum Gasteiger partial charge on any atom is 0.389 e. The lowest BCUT2D eigenvalue weighted by atomic mass is 10.1. The molecule has 0 spiro atoms. The van der Waals surface area contributed by atoms with E-state index in [0.29, 0.717) is 5.02 Å². The van der Waals surface area contributed by atoms with Crippen molar-refractivity contribution in [2.75, 3.05) is 13.1 Å². The van der Waals surface area contributed by atoms with Gasteiger partial charge in [-0.05, 0) is 24.1 Å². The average molecular weight is 307 g/mol. The van der Waals surface area contributed by atoms with Crippen LogP contribution in [-0.2, 0) is 4.79 Å². The molecule has 1 fully saturated rings. The highest BCUT2D eigenvalue weighted by molar-refractivity contribution is 6.30. The molecule has 7 heteroatoms. The fourth-order valence-electron chi connectivity index (χ4n) is 2.22. The molecule has 110 valence electrons. The van der Waals surface area contributed by atoms with E-state index in [2.05, 4.69) is 5.32 Å². The zero-order valence-corrected chi connectivity index (χ0v) is 11.3. The molecule has 0 bridgehead atoms. The second-order valence-electron chi connectivity index (χ2n) is 4.64. The largest absolute Gasteiger partial charge is 0.389 e. The quantitative estimate of drug-likeness (QED) is 0.927. The van der Waals surface area contributed by atoms with Crippen molar-refractivity contribution >= 4 is 17.5 Å². The number of alkyl halides is 3. The molecule has 1 aromatic carbocycles. The van der Waals surface area contributed by atoms with Crippen LogP contribution in [0.5, 0.6) is 0 Å². The number of nitrogens with zero attached hydrogens (tertiary/aromatic N) is 1. The van der Waals surface area contributed by atoms with E-state index in [9.17, 15) is 18.0 Å². The average Bonchev–Trinajstić information content (AvgIpc) is 2.70. The molecule has 20 heavy (non-hydrogen) atoms. The van der Waals surface area contributed by atoms with Crippen LogP contribution in [0.2, 0.25) is 5.02 Å². The monoisotopic (exact) mass is 306 g/mol.